The van der Waals surface area contributed by atoms with Crippen LogP contribution in [0.4, 0.5) is 0 Å². The molecule has 2 heteroatoms. The molecule has 1 aromatic carbocycles. The van der Waals surface area contributed by atoms with Crippen molar-refractivity contribution in [1.82, 2.24) is 10.3 Å². The molecule has 0 radical (unpaired) electrons. The molecule has 0 spiro atoms. The van der Waals surface area contributed by atoms with Gasteiger partial charge in [-0.25, -0.2) is 0 Å². The van der Waals surface area contributed by atoms with Gasteiger partial charge in [-0.2, -0.15) is 0 Å². The van der Waals surface area contributed by atoms with E-state index in [0.717, 1.165) is 18.6 Å². The average Bonchev–Trinajstić information content (AvgIpc) is 2.45. The molecular weight excluding hydrogens is 244 g/mol. The summed E-state index contributed by atoms with van der Waals surface area (Å²) in [5.41, 5.74) is 2.48. The maximum absolute atomic E-state index is 4.38. The fourth-order valence-corrected chi connectivity index (χ4v) is 2.48. The molecule has 0 amide bonds. The first kappa shape index (κ1) is 15.0. The molecule has 0 saturated heterocycles. The number of hydrogen-bond donors (Lipinski definition) is 1. The minimum absolute atomic E-state index is 0.555. The third-order valence-electron chi connectivity index (χ3n) is 4.03. The van der Waals surface area contributed by atoms with Gasteiger partial charge in [0.05, 0.1) is 5.52 Å². The van der Waals surface area contributed by atoms with E-state index in [0.29, 0.717) is 17.8 Å². The van der Waals surface area contributed by atoms with Crippen molar-refractivity contribution in [1.29, 1.82) is 0 Å². The molecule has 0 aliphatic carbocycles. The lowest BCUT2D eigenvalue weighted by molar-refractivity contribution is 0.428. The Labute approximate surface area is 122 Å². The van der Waals surface area contributed by atoms with E-state index in [4.69, 9.17) is 0 Å². The second kappa shape index (κ2) is 6.85. The van der Waals surface area contributed by atoms with Gasteiger partial charge in [0, 0.05) is 11.6 Å². The van der Waals surface area contributed by atoms with Gasteiger partial charge in [0.2, 0.25) is 0 Å². The minimum Gasteiger partial charge on any atom is -0.316 e. The highest BCUT2D eigenvalue weighted by molar-refractivity contribution is 5.79. The van der Waals surface area contributed by atoms with Gasteiger partial charge in [-0.05, 0) is 54.6 Å². The zero-order valence-corrected chi connectivity index (χ0v) is 13.1. The van der Waals surface area contributed by atoms with Gasteiger partial charge in [-0.3, -0.25) is 4.98 Å². The SMILES string of the molecule is CC(C)CNCC(C)C(C)c1ccc2ncccc2c1. The zero-order chi connectivity index (χ0) is 14.5. The number of rotatable bonds is 6. The normalized spacial score (nSPS) is 14.7. The molecule has 0 aliphatic heterocycles. The van der Waals surface area contributed by atoms with E-state index < -0.39 is 0 Å². The van der Waals surface area contributed by atoms with E-state index in [9.17, 15) is 0 Å². The molecule has 0 fully saturated rings. The van der Waals surface area contributed by atoms with Crippen LogP contribution in [0.15, 0.2) is 36.5 Å². The van der Waals surface area contributed by atoms with Crippen molar-refractivity contribution < 1.29 is 0 Å². The zero-order valence-electron chi connectivity index (χ0n) is 13.1. The van der Waals surface area contributed by atoms with Crippen LogP contribution in [0.3, 0.4) is 0 Å². The van der Waals surface area contributed by atoms with Crippen LogP contribution in [0, 0.1) is 11.8 Å². The number of nitrogens with one attached hydrogen (secondary N) is 1. The molecule has 2 atom stereocenters. The smallest absolute Gasteiger partial charge is 0.0702 e. The van der Waals surface area contributed by atoms with Crippen LogP contribution in [0.2, 0.25) is 0 Å². The monoisotopic (exact) mass is 270 g/mol. The van der Waals surface area contributed by atoms with Gasteiger partial charge < -0.3 is 5.32 Å². The molecule has 1 N–H and O–H groups in total. The molecule has 0 saturated carbocycles. The van der Waals surface area contributed by atoms with Crippen LogP contribution in [-0.4, -0.2) is 18.1 Å². The van der Waals surface area contributed by atoms with Crippen LogP contribution in [-0.2, 0) is 0 Å². The highest BCUT2D eigenvalue weighted by Gasteiger charge is 2.14. The molecule has 2 unspecified atom stereocenters. The number of aromatic nitrogens is 1. The van der Waals surface area contributed by atoms with Crippen molar-refractivity contribution in [3.8, 4) is 0 Å². The van der Waals surface area contributed by atoms with Gasteiger partial charge in [0.1, 0.15) is 0 Å². The molecule has 108 valence electrons. The van der Waals surface area contributed by atoms with Crippen LogP contribution in [0.1, 0.15) is 39.2 Å². The molecule has 20 heavy (non-hydrogen) atoms. The lowest BCUT2D eigenvalue weighted by Gasteiger charge is -2.21. The number of hydrogen-bond acceptors (Lipinski definition) is 2. The summed E-state index contributed by atoms with van der Waals surface area (Å²) in [6.07, 6.45) is 1.85. The summed E-state index contributed by atoms with van der Waals surface area (Å²) in [5, 5.41) is 4.80. The minimum atomic E-state index is 0.555. The Balaban J connectivity index is 2.04. The Morgan fingerprint density at radius 2 is 1.85 bits per heavy atom. The fourth-order valence-electron chi connectivity index (χ4n) is 2.48. The molecule has 0 aliphatic rings. The van der Waals surface area contributed by atoms with Crippen molar-refractivity contribution in [3.05, 3.63) is 42.1 Å². The summed E-state index contributed by atoms with van der Waals surface area (Å²) < 4.78 is 0. The molecule has 1 heterocycles. The predicted octanol–water partition coefficient (Wildman–Crippen LogP) is 4.22. The summed E-state index contributed by atoms with van der Waals surface area (Å²) in [4.78, 5) is 4.38. The number of benzene rings is 1. The van der Waals surface area contributed by atoms with Crippen molar-refractivity contribution in [3.63, 3.8) is 0 Å². The summed E-state index contributed by atoms with van der Waals surface area (Å²) >= 11 is 0. The van der Waals surface area contributed by atoms with Gasteiger partial charge in [0.15, 0.2) is 0 Å². The van der Waals surface area contributed by atoms with Crippen molar-refractivity contribution in [2.75, 3.05) is 13.1 Å². The second-order valence-corrected chi connectivity index (χ2v) is 6.27. The van der Waals surface area contributed by atoms with E-state index in [1.165, 1.54) is 10.9 Å². The topological polar surface area (TPSA) is 24.9 Å². The Morgan fingerprint density at radius 3 is 2.60 bits per heavy atom. The first-order valence-electron chi connectivity index (χ1n) is 7.63. The molecule has 1 aromatic heterocycles. The van der Waals surface area contributed by atoms with E-state index in [-0.39, 0.29) is 0 Å². The molecule has 2 rings (SSSR count). The van der Waals surface area contributed by atoms with Gasteiger partial charge >= 0.3 is 0 Å². The first-order chi connectivity index (χ1) is 9.58. The number of nitrogens with zero attached hydrogens (tertiary/aromatic N) is 1. The van der Waals surface area contributed by atoms with Gasteiger partial charge in [-0.15, -0.1) is 0 Å². The highest BCUT2D eigenvalue weighted by Crippen LogP contribution is 2.26. The maximum Gasteiger partial charge on any atom is 0.0702 e. The molecule has 0 bridgehead atoms. The van der Waals surface area contributed by atoms with E-state index in [1.54, 1.807) is 0 Å². The van der Waals surface area contributed by atoms with E-state index in [2.05, 4.69) is 62.3 Å². The number of pyridine rings is 1. The van der Waals surface area contributed by atoms with Gasteiger partial charge in [0.25, 0.3) is 0 Å². The first-order valence-corrected chi connectivity index (χ1v) is 7.63. The van der Waals surface area contributed by atoms with Crippen molar-refractivity contribution >= 4 is 10.9 Å². The van der Waals surface area contributed by atoms with E-state index >= 15 is 0 Å². The second-order valence-electron chi connectivity index (χ2n) is 6.27. The fraction of sp³-hybridized carbons (Fsp3) is 0.500. The van der Waals surface area contributed by atoms with Crippen LogP contribution in [0.5, 0.6) is 0 Å². The summed E-state index contributed by atoms with van der Waals surface area (Å²) in [7, 11) is 0. The average molecular weight is 270 g/mol. The summed E-state index contributed by atoms with van der Waals surface area (Å²) in [6.45, 7) is 11.3. The van der Waals surface area contributed by atoms with Crippen LogP contribution >= 0.6 is 0 Å². The Kier molecular flexibility index (Phi) is 5.13. The quantitative estimate of drug-likeness (QED) is 0.850. The molecule has 2 nitrogen and oxygen atoms in total. The largest absolute Gasteiger partial charge is 0.316 e. The molecule has 2 aromatic rings. The lowest BCUT2D eigenvalue weighted by Crippen LogP contribution is -2.27. The van der Waals surface area contributed by atoms with Gasteiger partial charge in [-0.1, -0.05) is 39.8 Å². The summed E-state index contributed by atoms with van der Waals surface area (Å²) in [5.74, 6) is 1.89. The van der Waals surface area contributed by atoms with Crippen LogP contribution in [0.25, 0.3) is 10.9 Å². The molecular formula is C18H26N2. The third-order valence-corrected chi connectivity index (χ3v) is 4.03. The predicted molar refractivity (Wildman–Crippen MR) is 87.0 cm³/mol. The van der Waals surface area contributed by atoms with Crippen molar-refractivity contribution in [2.24, 2.45) is 11.8 Å². The Morgan fingerprint density at radius 1 is 1.05 bits per heavy atom. The third kappa shape index (κ3) is 3.80. The standard InChI is InChI=1S/C18H26N2/c1-13(2)11-19-12-14(3)15(4)16-7-8-18-17(10-16)6-5-9-20-18/h5-10,13-15,19H,11-12H2,1-4H3. The summed E-state index contributed by atoms with van der Waals surface area (Å²) in [6, 6.07) is 10.8. The highest BCUT2D eigenvalue weighted by atomic mass is 14.9. The lowest BCUT2D eigenvalue weighted by atomic mass is 9.88. The number of fused-ring (bicyclic) bond motifs is 1. The van der Waals surface area contributed by atoms with Crippen LogP contribution < -0.4 is 5.32 Å². The maximum atomic E-state index is 4.38. The Hall–Kier alpha value is -1.41. The van der Waals surface area contributed by atoms with Crippen molar-refractivity contribution in [2.45, 2.75) is 33.6 Å². The Bertz CT molecular complexity index is 548. The van der Waals surface area contributed by atoms with E-state index in [1.807, 2.05) is 12.3 Å².